The lowest BCUT2D eigenvalue weighted by Gasteiger charge is -2.08. The normalized spacial score (nSPS) is 10.8. The summed E-state index contributed by atoms with van der Waals surface area (Å²) in [5, 5.41) is 13.7. The molecule has 0 spiro atoms. The minimum absolute atomic E-state index is 0.0998. The topological polar surface area (TPSA) is 67.2 Å². The molecule has 0 saturated carbocycles. The van der Waals surface area contributed by atoms with Gasteiger partial charge in [0.05, 0.1) is 18.1 Å². The highest BCUT2D eigenvalue weighted by Crippen LogP contribution is 2.21. The molecule has 0 aliphatic carbocycles. The number of aliphatic hydroxyl groups excluding tert-OH is 1. The summed E-state index contributed by atoms with van der Waals surface area (Å²) in [7, 11) is 0. The second-order valence-corrected chi connectivity index (χ2v) is 7.51. The Morgan fingerprint density at radius 3 is 2.74 bits per heavy atom. The summed E-state index contributed by atoms with van der Waals surface area (Å²) < 4.78 is 1.93. The molecule has 3 aromatic rings. The summed E-state index contributed by atoms with van der Waals surface area (Å²) in [6, 6.07) is 15.2. The van der Waals surface area contributed by atoms with Crippen LogP contribution in [0.4, 0.5) is 5.69 Å². The summed E-state index contributed by atoms with van der Waals surface area (Å²) in [6.45, 7) is 2.43. The summed E-state index contributed by atoms with van der Waals surface area (Å²) in [6.07, 6.45) is 1.80. The number of carbonyl (C=O) groups excluding carboxylic acids is 1. The molecule has 1 amide bonds. The zero-order valence-electron chi connectivity index (χ0n) is 14.9. The van der Waals surface area contributed by atoms with Crippen LogP contribution in [0.15, 0.2) is 59.9 Å². The molecule has 0 fully saturated rings. The first-order valence-corrected chi connectivity index (χ1v) is 9.80. The molecule has 1 aromatic heterocycles. The third-order valence-electron chi connectivity index (χ3n) is 3.85. The van der Waals surface area contributed by atoms with Gasteiger partial charge in [-0.15, -0.1) is 0 Å². The molecule has 3 rings (SSSR count). The van der Waals surface area contributed by atoms with Crippen LogP contribution in [0.3, 0.4) is 0 Å². The third kappa shape index (κ3) is 5.60. The van der Waals surface area contributed by atoms with Gasteiger partial charge in [-0.3, -0.25) is 4.79 Å². The van der Waals surface area contributed by atoms with E-state index in [0.29, 0.717) is 22.4 Å². The van der Waals surface area contributed by atoms with Gasteiger partial charge in [0.15, 0.2) is 5.16 Å². The lowest BCUT2D eigenvalue weighted by molar-refractivity contribution is -0.113. The number of amides is 1. The first-order chi connectivity index (χ1) is 13.0. The molecule has 2 N–H and O–H groups in total. The summed E-state index contributed by atoms with van der Waals surface area (Å²) >= 11 is 7.27. The largest absolute Gasteiger partial charge is 0.390 e. The molecular weight excluding hydrogens is 382 g/mol. The van der Waals surface area contributed by atoms with E-state index in [1.54, 1.807) is 6.20 Å². The van der Waals surface area contributed by atoms with Gasteiger partial charge in [-0.1, -0.05) is 47.6 Å². The number of benzene rings is 2. The zero-order valence-corrected chi connectivity index (χ0v) is 16.4. The van der Waals surface area contributed by atoms with E-state index in [-0.39, 0.29) is 18.3 Å². The van der Waals surface area contributed by atoms with Gasteiger partial charge in [-0.05, 0) is 42.3 Å². The number of carbonyl (C=O) groups is 1. The average molecular weight is 402 g/mol. The molecule has 7 heteroatoms. The molecule has 0 aliphatic heterocycles. The highest BCUT2D eigenvalue weighted by atomic mass is 35.5. The molecule has 1 heterocycles. The van der Waals surface area contributed by atoms with E-state index >= 15 is 0 Å². The van der Waals surface area contributed by atoms with E-state index in [1.807, 2.05) is 60.0 Å². The molecule has 0 bridgehead atoms. The maximum atomic E-state index is 12.2. The van der Waals surface area contributed by atoms with Crippen molar-refractivity contribution in [3.8, 4) is 0 Å². The molecule has 0 radical (unpaired) electrons. The van der Waals surface area contributed by atoms with Crippen LogP contribution in [0.25, 0.3) is 0 Å². The molecule has 0 saturated heterocycles. The number of nitrogens with one attached hydrogen (secondary N) is 1. The molecule has 0 unspecified atom stereocenters. The van der Waals surface area contributed by atoms with Gasteiger partial charge >= 0.3 is 0 Å². The molecule has 0 atom stereocenters. The number of aromatic nitrogens is 2. The number of nitrogens with zero attached hydrogens (tertiary/aromatic N) is 2. The zero-order chi connectivity index (χ0) is 19.2. The Morgan fingerprint density at radius 1 is 1.26 bits per heavy atom. The fraction of sp³-hybridized carbons (Fsp3) is 0.200. The Morgan fingerprint density at radius 2 is 2.04 bits per heavy atom. The van der Waals surface area contributed by atoms with E-state index in [1.165, 1.54) is 11.8 Å². The Balaban J connectivity index is 1.66. The van der Waals surface area contributed by atoms with Crippen molar-refractivity contribution in [2.24, 2.45) is 0 Å². The first-order valence-electron chi connectivity index (χ1n) is 8.44. The smallest absolute Gasteiger partial charge is 0.234 e. The summed E-state index contributed by atoms with van der Waals surface area (Å²) in [5.74, 6) is 0.133. The standard InChI is InChI=1S/C20H20ClN3O2S/c1-14-3-2-4-17(9-14)22-19(26)13-27-20-23-18(12-25)11-24(20)10-15-5-7-16(21)8-6-15/h2-9,11,25H,10,12-13H2,1H3,(H,22,26). The second-order valence-electron chi connectivity index (χ2n) is 6.13. The van der Waals surface area contributed by atoms with Crippen molar-refractivity contribution >= 4 is 35.0 Å². The van der Waals surface area contributed by atoms with E-state index in [4.69, 9.17) is 11.6 Å². The highest BCUT2D eigenvalue weighted by Gasteiger charge is 2.12. The monoisotopic (exact) mass is 401 g/mol. The molecular formula is C20H20ClN3O2S. The van der Waals surface area contributed by atoms with E-state index in [9.17, 15) is 9.90 Å². The fourth-order valence-corrected chi connectivity index (χ4v) is 3.52. The SMILES string of the molecule is Cc1cccc(NC(=O)CSc2nc(CO)cn2Cc2ccc(Cl)cc2)c1. The Bertz CT molecular complexity index is 925. The number of hydrogen-bond donors (Lipinski definition) is 2. The van der Waals surface area contributed by atoms with Crippen molar-refractivity contribution in [1.29, 1.82) is 0 Å². The summed E-state index contributed by atoms with van der Waals surface area (Å²) in [4.78, 5) is 16.7. The van der Waals surface area contributed by atoms with E-state index in [0.717, 1.165) is 16.8 Å². The first kappa shape index (κ1) is 19.5. The van der Waals surface area contributed by atoms with Crippen molar-refractivity contribution in [1.82, 2.24) is 9.55 Å². The Labute approximate surface area is 167 Å². The maximum absolute atomic E-state index is 12.2. The predicted octanol–water partition coefficient (Wildman–Crippen LogP) is 4.12. The molecule has 140 valence electrons. The van der Waals surface area contributed by atoms with E-state index in [2.05, 4.69) is 10.3 Å². The highest BCUT2D eigenvalue weighted by molar-refractivity contribution is 7.99. The average Bonchev–Trinajstić information content (AvgIpc) is 3.04. The number of rotatable bonds is 7. The van der Waals surface area contributed by atoms with Crippen LogP contribution in [-0.2, 0) is 17.9 Å². The molecule has 5 nitrogen and oxygen atoms in total. The predicted molar refractivity (Wildman–Crippen MR) is 109 cm³/mol. The van der Waals surface area contributed by atoms with Gasteiger partial charge in [-0.2, -0.15) is 0 Å². The number of thioether (sulfide) groups is 1. The number of hydrogen-bond acceptors (Lipinski definition) is 4. The lowest BCUT2D eigenvalue weighted by atomic mass is 10.2. The van der Waals surface area contributed by atoms with Gasteiger partial charge in [0.25, 0.3) is 0 Å². The number of imidazole rings is 1. The molecule has 0 aliphatic rings. The van der Waals surface area contributed by atoms with Crippen LogP contribution >= 0.6 is 23.4 Å². The van der Waals surface area contributed by atoms with Crippen LogP contribution < -0.4 is 5.32 Å². The van der Waals surface area contributed by atoms with Gasteiger partial charge in [0, 0.05) is 23.5 Å². The quantitative estimate of drug-likeness (QED) is 0.584. The van der Waals surface area contributed by atoms with Crippen molar-refractivity contribution < 1.29 is 9.90 Å². The minimum Gasteiger partial charge on any atom is -0.390 e. The van der Waals surface area contributed by atoms with Crippen molar-refractivity contribution in [2.75, 3.05) is 11.1 Å². The second kappa shape index (κ2) is 9.08. The maximum Gasteiger partial charge on any atom is 0.234 e. The van der Waals surface area contributed by atoms with Gasteiger partial charge in [0.2, 0.25) is 5.91 Å². The van der Waals surface area contributed by atoms with Crippen LogP contribution in [0, 0.1) is 6.92 Å². The van der Waals surface area contributed by atoms with Crippen LogP contribution in [-0.4, -0.2) is 26.3 Å². The number of anilines is 1. The fourth-order valence-electron chi connectivity index (χ4n) is 2.59. The van der Waals surface area contributed by atoms with Crippen molar-refractivity contribution in [2.45, 2.75) is 25.2 Å². The molecule has 27 heavy (non-hydrogen) atoms. The number of halogens is 1. The Hall–Kier alpha value is -2.28. The van der Waals surface area contributed by atoms with Gasteiger partial charge in [-0.25, -0.2) is 4.98 Å². The van der Waals surface area contributed by atoms with Crippen LogP contribution in [0.2, 0.25) is 5.02 Å². The number of aliphatic hydroxyl groups is 1. The van der Waals surface area contributed by atoms with Crippen molar-refractivity contribution in [3.05, 3.63) is 76.6 Å². The van der Waals surface area contributed by atoms with Gasteiger partial charge < -0.3 is 15.0 Å². The van der Waals surface area contributed by atoms with Crippen molar-refractivity contribution in [3.63, 3.8) is 0 Å². The lowest BCUT2D eigenvalue weighted by Crippen LogP contribution is -2.14. The van der Waals surface area contributed by atoms with Crippen LogP contribution in [0.1, 0.15) is 16.8 Å². The summed E-state index contributed by atoms with van der Waals surface area (Å²) in [5.41, 5.74) is 3.51. The van der Waals surface area contributed by atoms with Gasteiger partial charge in [0.1, 0.15) is 0 Å². The molecule has 2 aromatic carbocycles. The van der Waals surface area contributed by atoms with Crippen LogP contribution in [0.5, 0.6) is 0 Å². The van der Waals surface area contributed by atoms with E-state index < -0.39 is 0 Å². The third-order valence-corrected chi connectivity index (χ3v) is 5.09. The minimum atomic E-state index is -0.142. The Kier molecular flexibility index (Phi) is 6.55. The number of aryl methyl sites for hydroxylation is 1.